The lowest BCUT2D eigenvalue weighted by atomic mass is 10.3. The van der Waals surface area contributed by atoms with E-state index in [1.807, 2.05) is 13.0 Å². The zero-order valence-electron chi connectivity index (χ0n) is 9.74. The number of halogens is 2. The second-order valence-corrected chi connectivity index (χ2v) is 4.47. The fourth-order valence-corrected chi connectivity index (χ4v) is 2.00. The number of aromatic nitrogens is 2. The highest BCUT2D eigenvalue weighted by Gasteiger charge is 2.01. The predicted molar refractivity (Wildman–Crippen MR) is 75.9 cm³/mol. The van der Waals surface area contributed by atoms with Gasteiger partial charge < -0.3 is 10.6 Å². The summed E-state index contributed by atoms with van der Waals surface area (Å²) in [4.78, 5) is 8.22. The lowest BCUT2D eigenvalue weighted by Gasteiger charge is -2.08. The summed E-state index contributed by atoms with van der Waals surface area (Å²) in [7, 11) is 0. The number of nitrogens with zero attached hydrogens (tertiary/aromatic N) is 2. The van der Waals surface area contributed by atoms with Crippen molar-refractivity contribution in [3.05, 3.63) is 40.6 Å². The Hall–Kier alpha value is -1.52. The van der Waals surface area contributed by atoms with Crippen molar-refractivity contribution in [2.24, 2.45) is 0 Å². The van der Waals surface area contributed by atoms with Crippen LogP contribution in [-0.2, 0) is 0 Å². The summed E-state index contributed by atoms with van der Waals surface area (Å²) in [5, 5.41) is 7.39. The van der Waals surface area contributed by atoms with Gasteiger partial charge in [-0.1, -0.05) is 23.2 Å². The molecule has 1 aromatic heterocycles. The molecule has 2 N–H and O–H groups in total. The quantitative estimate of drug-likeness (QED) is 0.891. The highest BCUT2D eigenvalue weighted by molar-refractivity contribution is 6.35. The second kappa shape index (κ2) is 5.89. The second-order valence-electron chi connectivity index (χ2n) is 3.60. The number of benzene rings is 1. The van der Waals surface area contributed by atoms with Crippen LogP contribution in [0.2, 0.25) is 10.0 Å². The zero-order chi connectivity index (χ0) is 13.0. The van der Waals surface area contributed by atoms with Gasteiger partial charge >= 0.3 is 0 Å². The summed E-state index contributed by atoms with van der Waals surface area (Å²) in [6.07, 6.45) is 1.49. The number of hydrogen-bond acceptors (Lipinski definition) is 4. The molecule has 0 atom stereocenters. The van der Waals surface area contributed by atoms with Gasteiger partial charge in [-0.25, -0.2) is 9.97 Å². The van der Waals surface area contributed by atoms with Gasteiger partial charge in [0.2, 0.25) is 0 Å². The van der Waals surface area contributed by atoms with Crippen molar-refractivity contribution in [1.82, 2.24) is 9.97 Å². The zero-order valence-corrected chi connectivity index (χ0v) is 11.3. The van der Waals surface area contributed by atoms with Crippen LogP contribution in [-0.4, -0.2) is 16.5 Å². The van der Waals surface area contributed by atoms with Gasteiger partial charge in [-0.05, 0) is 25.1 Å². The van der Waals surface area contributed by atoms with Gasteiger partial charge in [0.15, 0.2) is 0 Å². The molecule has 1 aromatic carbocycles. The first-order valence-electron chi connectivity index (χ1n) is 5.46. The number of rotatable bonds is 4. The maximum absolute atomic E-state index is 5.93. The van der Waals surface area contributed by atoms with Crippen molar-refractivity contribution in [2.75, 3.05) is 17.2 Å². The van der Waals surface area contributed by atoms with Crippen molar-refractivity contribution in [3.63, 3.8) is 0 Å². The Bertz CT molecular complexity index is 525. The number of nitrogens with one attached hydrogen (secondary N) is 2. The molecule has 0 saturated carbocycles. The Morgan fingerprint density at radius 3 is 2.33 bits per heavy atom. The molecule has 6 heteroatoms. The van der Waals surface area contributed by atoms with Gasteiger partial charge in [0, 0.05) is 28.3 Å². The standard InChI is InChI=1S/C12H12Cl2N4/c1-2-15-11-6-12(17-7-16-11)18-10-4-8(13)3-9(14)5-10/h3-7H,2H2,1H3,(H2,15,16,17,18). The topological polar surface area (TPSA) is 49.8 Å². The smallest absolute Gasteiger partial charge is 0.135 e. The Labute approximate surface area is 115 Å². The molecule has 0 amide bonds. The van der Waals surface area contributed by atoms with Crippen LogP contribution in [0.25, 0.3) is 0 Å². The van der Waals surface area contributed by atoms with E-state index in [0.29, 0.717) is 15.9 Å². The van der Waals surface area contributed by atoms with Gasteiger partial charge in [-0.2, -0.15) is 0 Å². The largest absolute Gasteiger partial charge is 0.370 e. The molecular weight excluding hydrogens is 271 g/mol. The van der Waals surface area contributed by atoms with Crippen LogP contribution < -0.4 is 10.6 Å². The van der Waals surface area contributed by atoms with Gasteiger partial charge in [0.1, 0.15) is 18.0 Å². The first-order valence-corrected chi connectivity index (χ1v) is 6.22. The average Bonchev–Trinajstić information content (AvgIpc) is 2.28. The Balaban J connectivity index is 2.20. The van der Waals surface area contributed by atoms with Crippen molar-refractivity contribution >= 4 is 40.5 Å². The van der Waals surface area contributed by atoms with E-state index in [-0.39, 0.29) is 0 Å². The minimum atomic E-state index is 0.575. The van der Waals surface area contributed by atoms with Crippen LogP contribution in [0.4, 0.5) is 17.3 Å². The Morgan fingerprint density at radius 1 is 1.00 bits per heavy atom. The average molecular weight is 283 g/mol. The molecule has 4 nitrogen and oxygen atoms in total. The summed E-state index contributed by atoms with van der Waals surface area (Å²) >= 11 is 11.9. The molecule has 0 aliphatic rings. The fourth-order valence-electron chi connectivity index (χ4n) is 1.48. The monoisotopic (exact) mass is 282 g/mol. The number of hydrogen-bond donors (Lipinski definition) is 2. The number of anilines is 3. The normalized spacial score (nSPS) is 10.2. The Kier molecular flexibility index (Phi) is 4.23. The third-order valence-corrected chi connectivity index (χ3v) is 2.60. The lowest BCUT2D eigenvalue weighted by Crippen LogP contribution is -2.01. The minimum absolute atomic E-state index is 0.575. The lowest BCUT2D eigenvalue weighted by molar-refractivity contribution is 1.11. The molecular formula is C12H12Cl2N4. The molecule has 94 valence electrons. The maximum Gasteiger partial charge on any atom is 0.135 e. The molecule has 2 rings (SSSR count). The van der Waals surface area contributed by atoms with Crippen LogP contribution in [0.15, 0.2) is 30.6 Å². The molecule has 1 heterocycles. The molecule has 2 aromatic rings. The van der Waals surface area contributed by atoms with Crippen molar-refractivity contribution in [2.45, 2.75) is 6.92 Å². The molecule has 0 bridgehead atoms. The molecule has 0 aliphatic heterocycles. The molecule has 0 aliphatic carbocycles. The van der Waals surface area contributed by atoms with E-state index in [2.05, 4.69) is 20.6 Å². The van der Waals surface area contributed by atoms with E-state index in [9.17, 15) is 0 Å². The highest BCUT2D eigenvalue weighted by atomic mass is 35.5. The van der Waals surface area contributed by atoms with Crippen LogP contribution >= 0.6 is 23.2 Å². The van der Waals surface area contributed by atoms with E-state index < -0.39 is 0 Å². The van der Waals surface area contributed by atoms with Crippen molar-refractivity contribution < 1.29 is 0 Å². The van der Waals surface area contributed by atoms with Crippen LogP contribution in [0, 0.1) is 0 Å². The molecule has 0 spiro atoms. The van der Waals surface area contributed by atoms with Crippen molar-refractivity contribution in [3.8, 4) is 0 Å². The maximum atomic E-state index is 5.93. The van der Waals surface area contributed by atoms with E-state index >= 15 is 0 Å². The summed E-state index contributed by atoms with van der Waals surface area (Å²) < 4.78 is 0. The highest BCUT2D eigenvalue weighted by Crippen LogP contribution is 2.24. The van der Waals surface area contributed by atoms with Gasteiger partial charge in [0.05, 0.1) is 0 Å². The molecule has 0 saturated heterocycles. The molecule has 0 fully saturated rings. The summed E-state index contributed by atoms with van der Waals surface area (Å²) in [6.45, 7) is 2.81. The van der Waals surface area contributed by atoms with Crippen molar-refractivity contribution in [1.29, 1.82) is 0 Å². The van der Waals surface area contributed by atoms with Crippen LogP contribution in [0.3, 0.4) is 0 Å². The van der Waals surface area contributed by atoms with E-state index in [4.69, 9.17) is 23.2 Å². The summed E-state index contributed by atoms with van der Waals surface area (Å²) in [6, 6.07) is 7.06. The molecule has 18 heavy (non-hydrogen) atoms. The van der Waals surface area contributed by atoms with E-state index in [1.54, 1.807) is 18.2 Å². The van der Waals surface area contributed by atoms with E-state index in [1.165, 1.54) is 6.33 Å². The minimum Gasteiger partial charge on any atom is -0.370 e. The molecule has 0 radical (unpaired) electrons. The SMILES string of the molecule is CCNc1cc(Nc2cc(Cl)cc(Cl)c2)ncn1. The first kappa shape index (κ1) is 12.9. The van der Waals surface area contributed by atoms with Crippen LogP contribution in [0.1, 0.15) is 6.92 Å². The summed E-state index contributed by atoms with van der Waals surface area (Å²) in [5.74, 6) is 1.45. The molecule has 0 unspecified atom stereocenters. The van der Waals surface area contributed by atoms with Crippen LogP contribution in [0.5, 0.6) is 0 Å². The van der Waals surface area contributed by atoms with Gasteiger partial charge in [0.25, 0.3) is 0 Å². The van der Waals surface area contributed by atoms with Gasteiger partial charge in [-0.3, -0.25) is 0 Å². The Morgan fingerprint density at radius 2 is 1.67 bits per heavy atom. The third-order valence-electron chi connectivity index (χ3n) is 2.16. The van der Waals surface area contributed by atoms with E-state index in [0.717, 1.165) is 18.1 Å². The summed E-state index contributed by atoms with van der Waals surface area (Å²) in [5.41, 5.74) is 0.786. The predicted octanol–water partition coefficient (Wildman–Crippen LogP) is 3.96. The first-order chi connectivity index (χ1) is 8.67. The van der Waals surface area contributed by atoms with Gasteiger partial charge in [-0.15, -0.1) is 0 Å². The fraction of sp³-hybridized carbons (Fsp3) is 0.167. The third kappa shape index (κ3) is 3.48.